The van der Waals surface area contributed by atoms with Crippen LogP contribution in [0.15, 0.2) is 53.2 Å². The van der Waals surface area contributed by atoms with E-state index in [1.807, 2.05) is 56.0 Å². The quantitative estimate of drug-likeness (QED) is 0.713. The van der Waals surface area contributed by atoms with Crippen LogP contribution < -0.4 is 5.32 Å². The highest BCUT2D eigenvalue weighted by atomic mass is 16.6. The van der Waals surface area contributed by atoms with Gasteiger partial charge in [-0.05, 0) is 58.6 Å². The van der Waals surface area contributed by atoms with E-state index < -0.39 is 5.60 Å². The van der Waals surface area contributed by atoms with Crippen molar-refractivity contribution in [3.8, 4) is 11.5 Å². The summed E-state index contributed by atoms with van der Waals surface area (Å²) in [5.74, 6) is 0.186. The maximum absolute atomic E-state index is 12.6. The first-order chi connectivity index (χ1) is 14.8. The van der Waals surface area contributed by atoms with Gasteiger partial charge in [0.25, 0.3) is 5.91 Å². The minimum Gasteiger partial charge on any atom is -0.444 e. The third-order valence-electron chi connectivity index (χ3n) is 6.15. The van der Waals surface area contributed by atoms with Crippen LogP contribution in [0.1, 0.15) is 56.9 Å². The van der Waals surface area contributed by atoms with Crippen molar-refractivity contribution in [3.63, 3.8) is 0 Å². The molecule has 0 radical (unpaired) electrons. The van der Waals surface area contributed by atoms with Gasteiger partial charge in [0, 0.05) is 17.6 Å². The van der Waals surface area contributed by atoms with Gasteiger partial charge in [-0.25, -0.2) is 9.78 Å². The Bertz CT molecular complexity index is 974. The molecule has 1 saturated heterocycles. The summed E-state index contributed by atoms with van der Waals surface area (Å²) in [7, 11) is 0. The fourth-order valence-electron chi connectivity index (χ4n) is 4.81. The maximum atomic E-state index is 12.6. The lowest BCUT2D eigenvalue weighted by Crippen LogP contribution is -2.50. The molecule has 7 heteroatoms. The van der Waals surface area contributed by atoms with Crippen molar-refractivity contribution < 1.29 is 18.7 Å². The lowest BCUT2D eigenvalue weighted by Gasteiger charge is -2.38. The first-order valence-corrected chi connectivity index (χ1v) is 10.7. The Morgan fingerprint density at radius 2 is 1.87 bits per heavy atom. The zero-order valence-electron chi connectivity index (χ0n) is 18.3. The standard InChI is InChI=1S/C24H29N3O4/c1-15(2)20-24(3,4)31-23(29)27(20)18-12-10-17(11-13-18)25-21(28)19-14-30-22(26-19)16-8-6-5-7-9-16/h5-9,14,17-18,20H,1,10-13H2,2-4H3,(H,25,28)/t17-,18-,20-/m0/s1. The molecule has 2 aromatic rings. The number of cyclic esters (lactones) is 1. The molecular weight excluding hydrogens is 394 g/mol. The van der Waals surface area contributed by atoms with Gasteiger partial charge in [-0.3, -0.25) is 9.69 Å². The molecule has 1 aliphatic heterocycles. The number of hydrogen-bond acceptors (Lipinski definition) is 5. The number of amides is 2. The number of carbonyl (C=O) groups is 2. The summed E-state index contributed by atoms with van der Waals surface area (Å²) in [5.41, 5.74) is 1.44. The minimum absolute atomic E-state index is 0.0375. The van der Waals surface area contributed by atoms with Gasteiger partial charge >= 0.3 is 6.09 Å². The molecule has 1 aliphatic carbocycles. The first-order valence-electron chi connectivity index (χ1n) is 10.7. The number of rotatable bonds is 5. The summed E-state index contributed by atoms with van der Waals surface area (Å²) in [4.78, 5) is 31.4. The molecule has 1 saturated carbocycles. The smallest absolute Gasteiger partial charge is 0.411 e. The highest BCUT2D eigenvalue weighted by Gasteiger charge is 2.50. The van der Waals surface area contributed by atoms with E-state index in [4.69, 9.17) is 9.15 Å². The van der Waals surface area contributed by atoms with E-state index >= 15 is 0 Å². The molecule has 1 N–H and O–H groups in total. The summed E-state index contributed by atoms with van der Waals surface area (Å²) in [6.45, 7) is 9.87. The number of ether oxygens (including phenoxy) is 1. The third kappa shape index (κ3) is 4.22. The predicted molar refractivity (Wildman–Crippen MR) is 116 cm³/mol. The minimum atomic E-state index is -0.586. The Labute approximate surface area is 182 Å². The number of nitrogens with zero attached hydrogens (tertiary/aromatic N) is 2. The van der Waals surface area contributed by atoms with E-state index in [1.54, 1.807) is 0 Å². The predicted octanol–water partition coefficient (Wildman–Crippen LogP) is 4.56. The second kappa shape index (κ2) is 8.21. The van der Waals surface area contributed by atoms with Gasteiger partial charge < -0.3 is 14.5 Å². The second-order valence-corrected chi connectivity index (χ2v) is 9.01. The van der Waals surface area contributed by atoms with Crippen LogP contribution in [-0.2, 0) is 4.74 Å². The number of aromatic nitrogens is 1. The normalized spacial score (nSPS) is 25.2. The highest BCUT2D eigenvalue weighted by molar-refractivity contribution is 5.92. The van der Waals surface area contributed by atoms with Gasteiger partial charge in [0.1, 0.15) is 11.9 Å². The maximum Gasteiger partial charge on any atom is 0.411 e. The SMILES string of the molecule is C=C(C)[C@@H]1N([C@H]2CC[C@H](NC(=O)c3coc(-c4ccccc4)n3)CC2)C(=O)OC1(C)C. The topological polar surface area (TPSA) is 84.7 Å². The Morgan fingerprint density at radius 1 is 1.19 bits per heavy atom. The van der Waals surface area contributed by atoms with Crippen LogP contribution in [0.25, 0.3) is 11.5 Å². The van der Waals surface area contributed by atoms with E-state index in [9.17, 15) is 9.59 Å². The number of oxazole rings is 1. The van der Waals surface area contributed by atoms with Gasteiger partial charge in [0.05, 0.1) is 6.04 Å². The van der Waals surface area contributed by atoms with Crippen LogP contribution in [-0.4, -0.2) is 45.6 Å². The zero-order chi connectivity index (χ0) is 22.2. The van der Waals surface area contributed by atoms with Crippen LogP contribution in [0.3, 0.4) is 0 Å². The fourth-order valence-corrected chi connectivity index (χ4v) is 4.81. The average Bonchev–Trinajstić information content (AvgIpc) is 3.31. The average molecular weight is 424 g/mol. The lowest BCUT2D eigenvalue weighted by molar-refractivity contribution is 0.0746. The van der Waals surface area contributed by atoms with E-state index in [2.05, 4.69) is 16.9 Å². The monoisotopic (exact) mass is 423 g/mol. The zero-order valence-corrected chi connectivity index (χ0v) is 18.3. The summed E-state index contributed by atoms with van der Waals surface area (Å²) >= 11 is 0. The second-order valence-electron chi connectivity index (χ2n) is 9.01. The molecular formula is C24H29N3O4. The van der Waals surface area contributed by atoms with Crippen molar-refractivity contribution in [2.75, 3.05) is 0 Å². The summed E-state index contributed by atoms with van der Waals surface area (Å²) in [5, 5.41) is 3.06. The van der Waals surface area contributed by atoms with Gasteiger partial charge in [0.15, 0.2) is 5.69 Å². The number of nitrogens with one attached hydrogen (secondary N) is 1. The van der Waals surface area contributed by atoms with Crippen LogP contribution in [0.5, 0.6) is 0 Å². The Morgan fingerprint density at radius 3 is 2.52 bits per heavy atom. The molecule has 0 unspecified atom stereocenters. The molecule has 7 nitrogen and oxygen atoms in total. The summed E-state index contributed by atoms with van der Waals surface area (Å²) in [6, 6.07) is 9.47. The highest BCUT2D eigenvalue weighted by Crippen LogP contribution is 2.38. The molecule has 4 rings (SSSR count). The van der Waals surface area contributed by atoms with Gasteiger partial charge in [0.2, 0.25) is 5.89 Å². The molecule has 2 fully saturated rings. The molecule has 2 heterocycles. The number of carbonyl (C=O) groups excluding carboxylic acids is 2. The largest absolute Gasteiger partial charge is 0.444 e. The molecule has 164 valence electrons. The fraction of sp³-hybridized carbons (Fsp3) is 0.458. The van der Waals surface area contributed by atoms with Crippen LogP contribution in [0.4, 0.5) is 4.79 Å². The van der Waals surface area contributed by atoms with Gasteiger partial charge in [-0.2, -0.15) is 0 Å². The third-order valence-corrected chi connectivity index (χ3v) is 6.15. The van der Waals surface area contributed by atoms with Gasteiger partial charge in [-0.15, -0.1) is 0 Å². The van der Waals surface area contributed by atoms with Crippen LogP contribution >= 0.6 is 0 Å². The molecule has 1 aromatic heterocycles. The van der Waals surface area contributed by atoms with Crippen LogP contribution in [0.2, 0.25) is 0 Å². The molecule has 31 heavy (non-hydrogen) atoms. The van der Waals surface area contributed by atoms with Crippen molar-refractivity contribution in [2.24, 2.45) is 0 Å². The number of hydrogen-bond donors (Lipinski definition) is 1. The molecule has 0 bridgehead atoms. The van der Waals surface area contributed by atoms with Crippen molar-refractivity contribution in [1.29, 1.82) is 0 Å². The van der Waals surface area contributed by atoms with Gasteiger partial charge in [-0.1, -0.05) is 30.4 Å². The Kier molecular flexibility index (Phi) is 5.60. The van der Waals surface area contributed by atoms with Crippen molar-refractivity contribution in [1.82, 2.24) is 15.2 Å². The van der Waals surface area contributed by atoms with E-state index in [0.29, 0.717) is 5.89 Å². The molecule has 0 spiro atoms. The molecule has 1 atom stereocenters. The molecule has 2 amide bonds. The van der Waals surface area contributed by atoms with E-state index in [-0.39, 0.29) is 35.8 Å². The molecule has 2 aliphatic rings. The van der Waals surface area contributed by atoms with E-state index in [1.165, 1.54) is 6.26 Å². The van der Waals surface area contributed by atoms with Crippen molar-refractivity contribution in [3.05, 3.63) is 54.4 Å². The van der Waals surface area contributed by atoms with E-state index in [0.717, 1.165) is 36.8 Å². The van der Waals surface area contributed by atoms with Crippen molar-refractivity contribution in [2.45, 2.75) is 70.2 Å². The molecule has 1 aromatic carbocycles. The summed E-state index contributed by atoms with van der Waals surface area (Å²) in [6.07, 6.45) is 4.28. The lowest BCUT2D eigenvalue weighted by atomic mass is 9.86. The van der Waals surface area contributed by atoms with Crippen LogP contribution in [0, 0.1) is 0 Å². The Balaban J connectivity index is 1.35. The summed E-state index contributed by atoms with van der Waals surface area (Å²) < 4.78 is 11.1. The van der Waals surface area contributed by atoms with Crippen molar-refractivity contribution >= 4 is 12.0 Å². The first kappa shape index (κ1) is 21.2. The number of benzene rings is 1. The Hall–Kier alpha value is -3.09.